The zero-order valence-electron chi connectivity index (χ0n) is 10.8. The first-order valence-corrected chi connectivity index (χ1v) is 6.25. The molecule has 1 fully saturated rings. The van der Waals surface area contributed by atoms with Crippen molar-refractivity contribution in [3.05, 3.63) is 24.0 Å². The molecule has 0 radical (unpaired) electrons. The fourth-order valence-electron chi connectivity index (χ4n) is 1.57. The van der Waals surface area contributed by atoms with E-state index in [1.807, 2.05) is 19.2 Å². The number of hydrogen-bond acceptors (Lipinski definition) is 4. The highest BCUT2D eigenvalue weighted by Crippen LogP contribution is 2.19. The molecule has 0 bridgehead atoms. The third-order valence-corrected chi connectivity index (χ3v) is 2.76. The van der Waals surface area contributed by atoms with Crippen LogP contribution in [0.2, 0.25) is 0 Å². The summed E-state index contributed by atoms with van der Waals surface area (Å²) in [4.78, 5) is 15.9. The van der Waals surface area contributed by atoms with Crippen LogP contribution in [-0.4, -0.2) is 30.1 Å². The van der Waals surface area contributed by atoms with Crippen molar-refractivity contribution in [1.82, 2.24) is 15.6 Å². The second-order valence-electron chi connectivity index (χ2n) is 4.56. The molecule has 1 aromatic heterocycles. The fraction of sp³-hybridized carbons (Fsp3) is 0.538. The van der Waals surface area contributed by atoms with Gasteiger partial charge in [-0.3, -0.25) is 9.78 Å². The molecule has 1 saturated carbocycles. The van der Waals surface area contributed by atoms with Gasteiger partial charge in [-0.05, 0) is 38.9 Å². The van der Waals surface area contributed by atoms with Crippen molar-refractivity contribution in [2.45, 2.75) is 38.5 Å². The standard InChI is InChI=1S/C13H19N3O2/c1-9(13(17)16-10-3-4-10)18-12-6-5-11(7-14-2)15-8-12/h5-6,8-10,14H,3-4,7H2,1-2H3,(H,16,17). The fourth-order valence-corrected chi connectivity index (χ4v) is 1.57. The minimum absolute atomic E-state index is 0.0585. The molecule has 1 aliphatic carbocycles. The van der Waals surface area contributed by atoms with Crippen LogP contribution in [0.1, 0.15) is 25.5 Å². The first kappa shape index (κ1) is 12.8. The van der Waals surface area contributed by atoms with E-state index in [-0.39, 0.29) is 5.91 Å². The third-order valence-electron chi connectivity index (χ3n) is 2.76. The van der Waals surface area contributed by atoms with Crippen molar-refractivity contribution >= 4 is 5.91 Å². The van der Waals surface area contributed by atoms with Crippen molar-refractivity contribution in [2.24, 2.45) is 0 Å². The van der Waals surface area contributed by atoms with Crippen LogP contribution < -0.4 is 15.4 Å². The monoisotopic (exact) mass is 249 g/mol. The van der Waals surface area contributed by atoms with Gasteiger partial charge in [-0.15, -0.1) is 0 Å². The Morgan fingerprint density at radius 1 is 1.56 bits per heavy atom. The molecule has 0 aliphatic heterocycles. The molecule has 1 amide bonds. The second-order valence-corrected chi connectivity index (χ2v) is 4.56. The number of hydrogen-bond donors (Lipinski definition) is 2. The number of carbonyl (C=O) groups excluding carboxylic acids is 1. The Hall–Kier alpha value is -1.62. The largest absolute Gasteiger partial charge is 0.479 e. The molecule has 18 heavy (non-hydrogen) atoms. The van der Waals surface area contributed by atoms with Crippen LogP contribution >= 0.6 is 0 Å². The maximum Gasteiger partial charge on any atom is 0.260 e. The van der Waals surface area contributed by atoms with E-state index in [9.17, 15) is 4.79 Å². The smallest absolute Gasteiger partial charge is 0.260 e. The lowest BCUT2D eigenvalue weighted by molar-refractivity contribution is -0.127. The van der Waals surface area contributed by atoms with E-state index < -0.39 is 6.10 Å². The highest BCUT2D eigenvalue weighted by atomic mass is 16.5. The van der Waals surface area contributed by atoms with Crippen molar-refractivity contribution in [3.8, 4) is 5.75 Å². The van der Waals surface area contributed by atoms with Crippen LogP contribution in [0.5, 0.6) is 5.75 Å². The predicted molar refractivity (Wildman–Crippen MR) is 68.3 cm³/mol. The van der Waals surface area contributed by atoms with E-state index in [0.717, 1.165) is 25.1 Å². The first-order valence-electron chi connectivity index (χ1n) is 6.25. The topological polar surface area (TPSA) is 63.2 Å². The van der Waals surface area contributed by atoms with E-state index in [2.05, 4.69) is 15.6 Å². The molecule has 5 nitrogen and oxygen atoms in total. The lowest BCUT2D eigenvalue weighted by atomic mass is 10.3. The van der Waals surface area contributed by atoms with Gasteiger partial charge in [-0.1, -0.05) is 0 Å². The minimum Gasteiger partial charge on any atom is -0.479 e. The van der Waals surface area contributed by atoms with E-state index >= 15 is 0 Å². The van der Waals surface area contributed by atoms with Gasteiger partial charge in [0.25, 0.3) is 5.91 Å². The minimum atomic E-state index is -0.484. The summed E-state index contributed by atoms with van der Waals surface area (Å²) in [5.74, 6) is 0.560. The van der Waals surface area contributed by atoms with Gasteiger partial charge in [-0.25, -0.2) is 0 Å². The van der Waals surface area contributed by atoms with Gasteiger partial charge in [0.05, 0.1) is 11.9 Å². The lowest BCUT2D eigenvalue weighted by Gasteiger charge is -2.14. The van der Waals surface area contributed by atoms with E-state index in [0.29, 0.717) is 11.8 Å². The molecule has 0 aromatic carbocycles. The summed E-state index contributed by atoms with van der Waals surface area (Å²) in [6.07, 6.45) is 3.33. The van der Waals surface area contributed by atoms with Crippen LogP contribution in [-0.2, 0) is 11.3 Å². The summed E-state index contributed by atoms with van der Waals surface area (Å²) in [5.41, 5.74) is 0.944. The normalized spacial score (nSPS) is 16.1. The van der Waals surface area contributed by atoms with Crippen LogP contribution in [0.4, 0.5) is 0 Å². The Labute approximate surface area is 107 Å². The number of nitrogens with one attached hydrogen (secondary N) is 2. The predicted octanol–water partition coefficient (Wildman–Crippen LogP) is 0.847. The molecule has 2 rings (SSSR count). The van der Waals surface area contributed by atoms with Gasteiger partial charge in [0, 0.05) is 12.6 Å². The molecular weight excluding hydrogens is 230 g/mol. The number of ether oxygens (including phenoxy) is 1. The molecule has 1 aliphatic rings. The number of pyridine rings is 1. The quantitative estimate of drug-likeness (QED) is 0.784. The van der Waals surface area contributed by atoms with Gasteiger partial charge in [0.2, 0.25) is 0 Å². The third kappa shape index (κ3) is 3.70. The maximum atomic E-state index is 11.7. The second kappa shape index (κ2) is 5.82. The SMILES string of the molecule is CNCc1ccc(OC(C)C(=O)NC2CC2)cn1. The Balaban J connectivity index is 1.85. The average molecular weight is 249 g/mol. The maximum absolute atomic E-state index is 11.7. The Bertz CT molecular complexity index is 401. The van der Waals surface area contributed by atoms with E-state index in [4.69, 9.17) is 4.74 Å². The molecule has 0 spiro atoms. The molecule has 1 aromatic rings. The van der Waals surface area contributed by atoms with Crippen molar-refractivity contribution in [2.75, 3.05) is 7.05 Å². The Morgan fingerprint density at radius 2 is 2.33 bits per heavy atom. The average Bonchev–Trinajstić information content (AvgIpc) is 3.16. The molecule has 1 atom stereocenters. The Morgan fingerprint density at radius 3 is 2.89 bits per heavy atom. The molecule has 1 heterocycles. The van der Waals surface area contributed by atoms with Gasteiger partial charge < -0.3 is 15.4 Å². The van der Waals surface area contributed by atoms with Crippen LogP contribution in [0, 0.1) is 0 Å². The molecule has 0 saturated heterocycles. The summed E-state index contributed by atoms with van der Waals surface area (Å²) in [6.45, 7) is 2.47. The molecular formula is C13H19N3O2. The Kier molecular flexibility index (Phi) is 4.15. The van der Waals surface area contributed by atoms with E-state index in [1.54, 1.807) is 13.1 Å². The zero-order valence-corrected chi connectivity index (χ0v) is 10.8. The van der Waals surface area contributed by atoms with Crippen LogP contribution in [0.15, 0.2) is 18.3 Å². The van der Waals surface area contributed by atoms with Crippen molar-refractivity contribution in [3.63, 3.8) is 0 Å². The van der Waals surface area contributed by atoms with Crippen LogP contribution in [0.25, 0.3) is 0 Å². The summed E-state index contributed by atoms with van der Waals surface area (Å²) in [5, 5.41) is 5.93. The molecule has 2 N–H and O–H groups in total. The van der Waals surface area contributed by atoms with E-state index in [1.165, 1.54) is 0 Å². The highest BCUT2D eigenvalue weighted by Gasteiger charge is 2.26. The molecule has 98 valence electrons. The molecule has 5 heteroatoms. The zero-order chi connectivity index (χ0) is 13.0. The van der Waals surface area contributed by atoms with Crippen molar-refractivity contribution < 1.29 is 9.53 Å². The van der Waals surface area contributed by atoms with Gasteiger partial charge in [0.1, 0.15) is 5.75 Å². The van der Waals surface area contributed by atoms with Crippen LogP contribution in [0.3, 0.4) is 0 Å². The summed E-state index contributed by atoms with van der Waals surface area (Å²) in [6, 6.07) is 4.08. The van der Waals surface area contributed by atoms with Gasteiger partial charge >= 0.3 is 0 Å². The van der Waals surface area contributed by atoms with Crippen molar-refractivity contribution in [1.29, 1.82) is 0 Å². The summed E-state index contributed by atoms with van der Waals surface area (Å²) < 4.78 is 5.54. The van der Waals surface area contributed by atoms with Gasteiger partial charge in [-0.2, -0.15) is 0 Å². The molecule has 1 unspecified atom stereocenters. The number of aromatic nitrogens is 1. The first-order chi connectivity index (χ1) is 8.69. The summed E-state index contributed by atoms with van der Waals surface area (Å²) in [7, 11) is 1.87. The highest BCUT2D eigenvalue weighted by molar-refractivity contribution is 5.81. The summed E-state index contributed by atoms with van der Waals surface area (Å²) >= 11 is 0. The lowest BCUT2D eigenvalue weighted by Crippen LogP contribution is -2.37. The number of carbonyl (C=O) groups is 1. The number of nitrogens with zero attached hydrogens (tertiary/aromatic N) is 1. The van der Waals surface area contributed by atoms with Gasteiger partial charge in [0.15, 0.2) is 6.10 Å². The number of rotatable bonds is 6. The number of amides is 1.